The monoisotopic (exact) mass is 469 g/mol. The lowest BCUT2D eigenvalue weighted by atomic mass is 10.0. The van der Waals surface area contributed by atoms with E-state index in [1.807, 2.05) is 41.3 Å². The van der Waals surface area contributed by atoms with Crippen LogP contribution in [-0.2, 0) is 11.3 Å². The standard InChI is InChI=1S/C25H28ClN3O2S/c1-18(2)19-5-9-22(10-6-19)31-16-25(30)29-13-11-28(12-14-29)15-24-27-23(17-32-24)20-3-7-21(26)8-4-20/h3-10,17-18H,11-16H2,1-2H3. The molecular formula is C25H28ClN3O2S. The number of piperazine rings is 1. The number of ether oxygens (including phenoxy) is 1. The van der Waals surface area contributed by atoms with Crippen molar-refractivity contribution < 1.29 is 9.53 Å². The van der Waals surface area contributed by atoms with Gasteiger partial charge in [0.1, 0.15) is 10.8 Å². The minimum absolute atomic E-state index is 0.0388. The first-order valence-corrected chi connectivity index (χ1v) is 12.2. The number of hydrogen-bond donors (Lipinski definition) is 0. The van der Waals surface area contributed by atoms with Crippen molar-refractivity contribution in [2.75, 3.05) is 32.8 Å². The predicted molar refractivity (Wildman–Crippen MR) is 130 cm³/mol. The quantitative estimate of drug-likeness (QED) is 0.470. The Morgan fingerprint density at radius 2 is 1.75 bits per heavy atom. The maximum absolute atomic E-state index is 12.6. The number of benzene rings is 2. The molecule has 1 aliphatic rings. The number of carbonyl (C=O) groups excluding carboxylic acids is 1. The Morgan fingerprint density at radius 3 is 2.41 bits per heavy atom. The number of hydrogen-bond acceptors (Lipinski definition) is 5. The van der Waals surface area contributed by atoms with Crippen molar-refractivity contribution in [2.45, 2.75) is 26.3 Å². The van der Waals surface area contributed by atoms with Gasteiger partial charge in [-0.3, -0.25) is 9.69 Å². The lowest BCUT2D eigenvalue weighted by Gasteiger charge is -2.34. The van der Waals surface area contributed by atoms with Crippen molar-refractivity contribution in [3.63, 3.8) is 0 Å². The van der Waals surface area contributed by atoms with Gasteiger partial charge in [0.25, 0.3) is 5.91 Å². The first kappa shape index (κ1) is 22.8. The van der Waals surface area contributed by atoms with Gasteiger partial charge in [-0.15, -0.1) is 11.3 Å². The molecule has 32 heavy (non-hydrogen) atoms. The van der Waals surface area contributed by atoms with Gasteiger partial charge in [0.05, 0.1) is 12.2 Å². The van der Waals surface area contributed by atoms with Gasteiger partial charge >= 0.3 is 0 Å². The van der Waals surface area contributed by atoms with Gasteiger partial charge in [-0.05, 0) is 35.7 Å². The maximum Gasteiger partial charge on any atom is 0.260 e. The summed E-state index contributed by atoms with van der Waals surface area (Å²) in [5.41, 5.74) is 3.32. The van der Waals surface area contributed by atoms with Crippen molar-refractivity contribution in [1.29, 1.82) is 0 Å². The summed E-state index contributed by atoms with van der Waals surface area (Å²) in [5.74, 6) is 1.26. The molecule has 4 rings (SSSR count). The second kappa shape index (κ2) is 10.5. The van der Waals surface area contributed by atoms with Crippen LogP contribution in [-0.4, -0.2) is 53.5 Å². The molecule has 168 valence electrons. The molecule has 1 saturated heterocycles. The van der Waals surface area contributed by atoms with Gasteiger partial charge in [-0.2, -0.15) is 0 Å². The second-order valence-corrected chi connectivity index (χ2v) is 9.68. The third-order valence-electron chi connectivity index (χ3n) is 5.68. The molecule has 1 fully saturated rings. The van der Waals surface area contributed by atoms with Crippen LogP contribution in [0.4, 0.5) is 0 Å². The van der Waals surface area contributed by atoms with Crippen LogP contribution in [0.5, 0.6) is 5.75 Å². The van der Waals surface area contributed by atoms with Gasteiger partial charge in [-0.25, -0.2) is 4.98 Å². The number of rotatable bonds is 7. The summed E-state index contributed by atoms with van der Waals surface area (Å²) in [6.07, 6.45) is 0. The average Bonchev–Trinajstić information content (AvgIpc) is 3.27. The Morgan fingerprint density at radius 1 is 1.06 bits per heavy atom. The summed E-state index contributed by atoms with van der Waals surface area (Å²) in [5, 5.41) is 3.90. The molecule has 1 aliphatic heterocycles. The predicted octanol–water partition coefficient (Wildman–Crippen LogP) is 5.31. The van der Waals surface area contributed by atoms with Crippen LogP contribution in [0, 0.1) is 0 Å². The van der Waals surface area contributed by atoms with Crippen LogP contribution in [0.15, 0.2) is 53.9 Å². The molecule has 0 radical (unpaired) electrons. The SMILES string of the molecule is CC(C)c1ccc(OCC(=O)N2CCN(Cc3nc(-c4ccc(Cl)cc4)cs3)CC2)cc1. The van der Waals surface area contributed by atoms with Crippen molar-refractivity contribution >= 4 is 28.8 Å². The molecule has 0 aliphatic carbocycles. The smallest absolute Gasteiger partial charge is 0.260 e. The van der Waals surface area contributed by atoms with Crippen LogP contribution in [0.1, 0.15) is 30.3 Å². The highest BCUT2D eigenvalue weighted by molar-refractivity contribution is 7.09. The fraction of sp³-hybridized carbons (Fsp3) is 0.360. The third-order valence-corrected chi connectivity index (χ3v) is 6.77. The molecule has 0 spiro atoms. The van der Waals surface area contributed by atoms with E-state index in [2.05, 4.69) is 36.3 Å². The summed E-state index contributed by atoms with van der Waals surface area (Å²) in [7, 11) is 0. The maximum atomic E-state index is 12.6. The summed E-state index contributed by atoms with van der Waals surface area (Å²) in [4.78, 5) is 21.6. The molecule has 7 heteroatoms. The zero-order chi connectivity index (χ0) is 22.5. The molecule has 0 atom stereocenters. The molecule has 2 heterocycles. The first-order chi connectivity index (χ1) is 15.5. The molecule has 1 aromatic heterocycles. The lowest BCUT2D eigenvalue weighted by Crippen LogP contribution is -2.49. The van der Waals surface area contributed by atoms with Gasteiger partial charge in [-0.1, -0.05) is 49.7 Å². The Hall–Kier alpha value is -2.41. The van der Waals surface area contributed by atoms with E-state index in [1.165, 1.54) is 5.56 Å². The number of nitrogens with zero attached hydrogens (tertiary/aromatic N) is 3. The second-order valence-electron chi connectivity index (χ2n) is 8.30. The number of thiazole rings is 1. The van der Waals surface area contributed by atoms with Crippen molar-refractivity contribution in [2.24, 2.45) is 0 Å². The van der Waals surface area contributed by atoms with Crippen LogP contribution in [0.25, 0.3) is 11.3 Å². The van der Waals surface area contributed by atoms with Crippen LogP contribution >= 0.6 is 22.9 Å². The normalized spacial score (nSPS) is 14.7. The number of amides is 1. The van der Waals surface area contributed by atoms with Crippen LogP contribution in [0.2, 0.25) is 5.02 Å². The number of aromatic nitrogens is 1. The molecule has 0 N–H and O–H groups in total. The molecule has 1 amide bonds. The third kappa shape index (κ3) is 5.88. The van der Waals surface area contributed by atoms with Crippen LogP contribution < -0.4 is 4.74 Å². The molecule has 3 aromatic rings. The van der Waals surface area contributed by atoms with E-state index < -0.39 is 0 Å². The zero-order valence-corrected chi connectivity index (χ0v) is 20.0. The van der Waals surface area contributed by atoms with Crippen molar-refractivity contribution in [1.82, 2.24) is 14.8 Å². The van der Waals surface area contributed by atoms with Gasteiger partial charge in [0, 0.05) is 42.1 Å². The van der Waals surface area contributed by atoms with E-state index in [4.69, 9.17) is 21.3 Å². The average molecular weight is 470 g/mol. The van der Waals surface area contributed by atoms with Crippen molar-refractivity contribution in [3.8, 4) is 17.0 Å². The Balaban J connectivity index is 1.22. The van der Waals surface area contributed by atoms with E-state index in [1.54, 1.807) is 11.3 Å². The fourth-order valence-corrected chi connectivity index (χ4v) is 4.64. The largest absolute Gasteiger partial charge is 0.484 e. The van der Waals surface area contributed by atoms with Crippen LogP contribution in [0.3, 0.4) is 0 Å². The Kier molecular flexibility index (Phi) is 7.45. The van der Waals surface area contributed by atoms with E-state index in [0.29, 0.717) is 19.0 Å². The first-order valence-electron chi connectivity index (χ1n) is 10.9. The topological polar surface area (TPSA) is 45.7 Å². The fourth-order valence-electron chi connectivity index (χ4n) is 3.67. The Labute approximate surface area is 198 Å². The minimum atomic E-state index is 0.0388. The van der Waals surface area contributed by atoms with E-state index in [9.17, 15) is 4.79 Å². The highest BCUT2D eigenvalue weighted by atomic mass is 35.5. The summed E-state index contributed by atoms with van der Waals surface area (Å²) < 4.78 is 5.71. The van der Waals surface area contributed by atoms with Gasteiger partial charge in [0.2, 0.25) is 0 Å². The lowest BCUT2D eigenvalue weighted by molar-refractivity contribution is -0.135. The molecule has 0 bridgehead atoms. The molecule has 0 saturated carbocycles. The molecule has 2 aromatic carbocycles. The van der Waals surface area contributed by atoms with Crippen molar-refractivity contribution in [3.05, 3.63) is 69.5 Å². The van der Waals surface area contributed by atoms with E-state index in [0.717, 1.165) is 46.7 Å². The zero-order valence-electron chi connectivity index (χ0n) is 18.5. The van der Waals surface area contributed by atoms with Gasteiger partial charge < -0.3 is 9.64 Å². The molecular weight excluding hydrogens is 442 g/mol. The Bertz CT molecular complexity index is 1030. The van der Waals surface area contributed by atoms with E-state index in [-0.39, 0.29) is 12.5 Å². The summed E-state index contributed by atoms with van der Waals surface area (Å²) in [6, 6.07) is 15.7. The van der Waals surface area contributed by atoms with E-state index >= 15 is 0 Å². The number of halogens is 1. The molecule has 5 nitrogen and oxygen atoms in total. The highest BCUT2D eigenvalue weighted by Gasteiger charge is 2.22. The number of carbonyl (C=O) groups is 1. The summed E-state index contributed by atoms with van der Waals surface area (Å²) >= 11 is 7.65. The van der Waals surface area contributed by atoms with Gasteiger partial charge in [0.15, 0.2) is 6.61 Å². The summed E-state index contributed by atoms with van der Waals surface area (Å²) in [6.45, 7) is 8.30. The minimum Gasteiger partial charge on any atom is -0.484 e. The molecule has 0 unspecified atom stereocenters. The highest BCUT2D eigenvalue weighted by Crippen LogP contribution is 2.24.